The molecule has 1 unspecified atom stereocenters. The van der Waals surface area contributed by atoms with Crippen LogP contribution in [0.1, 0.15) is 32.1 Å². The first-order valence-electron chi connectivity index (χ1n) is 5.84. The van der Waals surface area contributed by atoms with E-state index in [9.17, 15) is 4.79 Å². The summed E-state index contributed by atoms with van der Waals surface area (Å²) in [6, 6.07) is 0. The quantitative estimate of drug-likeness (QED) is 0.559. The van der Waals surface area contributed by atoms with Crippen molar-refractivity contribution >= 4 is 21.8 Å². The lowest BCUT2D eigenvalue weighted by Crippen LogP contribution is -2.40. The van der Waals surface area contributed by atoms with E-state index in [1.807, 2.05) is 4.90 Å². The van der Waals surface area contributed by atoms with Crippen LogP contribution in [0.25, 0.3) is 0 Å². The van der Waals surface area contributed by atoms with Gasteiger partial charge in [-0.25, -0.2) is 0 Å². The van der Waals surface area contributed by atoms with Crippen molar-refractivity contribution < 1.29 is 4.79 Å². The van der Waals surface area contributed by atoms with Gasteiger partial charge in [0.05, 0.1) is 0 Å². The van der Waals surface area contributed by atoms with Gasteiger partial charge in [0, 0.05) is 24.8 Å². The van der Waals surface area contributed by atoms with E-state index >= 15 is 0 Å². The molecule has 1 atom stereocenters. The number of allylic oxidation sites excluding steroid dienone is 1. The first-order valence-corrected chi connectivity index (χ1v) is 6.96. The van der Waals surface area contributed by atoms with Crippen LogP contribution in [-0.2, 0) is 4.79 Å². The monoisotopic (exact) mass is 271 g/mol. The van der Waals surface area contributed by atoms with E-state index in [0.717, 1.165) is 24.3 Å². The maximum Gasteiger partial charge on any atom is 0.223 e. The molecule has 0 spiro atoms. The summed E-state index contributed by atoms with van der Waals surface area (Å²) in [7, 11) is 0. The molecule has 15 heavy (non-hydrogen) atoms. The highest BCUT2D eigenvalue weighted by atomic mass is 79.9. The fourth-order valence-corrected chi connectivity index (χ4v) is 2.93. The maximum absolute atomic E-state index is 11.7. The molecule has 0 aromatic heterocycles. The van der Waals surface area contributed by atoms with Crippen LogP contribution in [0.2, 0.25) is 0 Å². The van der Waals surface area contributed by atoms with Crippen LogP contribution in [-0.4, -0.2) is 29.2 Å². The van der Waals surface area contributed by atoms with Gasteiger partial charge in [0.1, 0.15) is 0 Å². The molecule has 1 heterocycles. The van der Waals surface area contributed by atoms with Crippen LogP contribution >= 0.6 is 15.9 Å². The van der Waals surface area contributed by atoms with E-state index in [1.54, 1.807) is 0 Å². The highest BCUT2D eigenvalue weighted by Crippen LogP contribution is 2.31. The van der Waals surface area contributed by atoms with Gasteiger partial charge >= 0.3 is 0 Å². The second-order valence-corrected chi connectivity index (χ2v) is 5.24. The lowest BCUT2D eigenvalue weighted by molar-refractivity contribution is -0.131. The largest absolute Gasteiger partial charge is 0.339 e. The standard InChI is InChI=1S/C12H18BrNO/c13-7-5-12(15)14-8-6-10-3-1-2-4-11(10)9-14/h4,10H,1-3,5-9H2. The summed E-state index contributed by atoms with van der Waals surface area (Å²) in [5.74, 6) is 1.09. The Morgan fingerprint density at radius 1 is 1.53 bits per heavy atom. The molecule has 0 N–H and O–H groups in total. The lowest BCUT2D eigenvalue weighted by atomic mass is 9.82. The Labute approximate surface area is 99.8 Å². The second-order valence-electron chi connectivity index (χ2n) is 4.45. The van der Waals surface area contributed by atoms with Gasteiger partial charge < -0.3 is 4.90 Å². The van der Waals surface area contributed by atoms with E-state index < -0.39 is 0 Å². The molecule has 0 aromatic carbocycles. The summed E-state index contributed by atoms with van der Waals surface area (Å²) >= 11 is 3.32. The molecule has 1 saturated heterocycles. The Morgan fingerprint density at radius 2 is 2.40 bits per heavy atom. The van der Waals surface area contributed by atoms with Gasteiger partial charge in [-0.05, 0) is 31.6 Å². The zero-order valence-corrected chi connectivity index (χ0v) is 10.6. The molecule has 3 heteroatoms. The van der Waals surface area contributed by atoms with E-state index in [4.69, 9.17) is 0 Å². The Kier molecular flexibility index (Phi) is 3.84. The topological polar surface area (TPSA) is 20.3 Å². The zero-order chi connectivity index (χ0) is 10.7. The normalized spacial score (nSPS) is 25.8. The number of nitrogens with zero attached hydrogens (tertiary/aromatic N) is 1. The second kappa shape index (κ2) is 5.15. The summed E-state index contributed by atoms with van der Waals surface area (Å²) in [5.41, 5.74) is 1.52. The third-order valence-electron chi connectivity index (χ3n) is 3.47. The molecule has 84 valence electrons. The molecule has 1 aliphatic carbocycles. The molecule has 0 saturated carbocycles. The van der Waals surface area contributed by atoms with Crippen LogP contribution in [0, 0.1) is 5.92 Å². The van der Waals surface area contributed by atoms with E-state index in [1.165, 1.54) is 31.3 Å². The Morgan fingerprint density at radius 3 is 3.20 bits per heavy atom. The van der Waals surface area contributed by atoms with Gasteiger partial charge in [-0.15, -0.1) is 0 Å². The van der Waals surface area contributed by atoms with Crippen LogP contribution in [0.5, 0.6) is 0 Å². The summed E-state index contributed by atoms with van der Waals surface area (Å²) in [4.78, 5) is 13.8. The molecule has 2 rings (SSSR count). The number of piperidine rings is 1. The van der Waals surface area contributed by atoms with Crippen molar-refractivity contribution in [3.05, 3.63) is 11.6 Å². The van der Waals surface area contributed by atoms with E-state index in [0.29, 0.717) is 12.3 Å². The zero-order valence-electron chi connectivity index (χ0n) is 9.04. The predicted molar refractivity (Wildman–Crippen MR) is 65.0 cm³/mol. The third kappa shape index (κ3) is 2.63. The Bertz CT molecular complexity index is 275. The van der Waals surface area contributed by atoms with E-state index in [2.05, 4.69) is 22.0 Å². The number of alkyl halides is 1. The minimum Gasteiger partial charge on any atom is -0.339 e. The number of amides is 1. The first kappa shape index (κ1) is 11.2. The predicted octanol–water partition coefficient (Wildman–Crippen LogP) is 2.73. The van der Waals surface area contributed by atoms with Gasteiger partial charge in [0.25, 0.3) is 0 Å². The number of carbonyl (C=O) groups excluding carboxylic acids is 1. The highest BCUT2D eigenvalue weighted by molar-refractivity contribution is 9.09. The van der Waals surface area contributed by atoms with Crippen LogP contribution in [0.3, 0.4) is 0 Å². The molecular formula is C12H18BrNO. The van der Waals surface area contributed by atoms with Crippen molar-refractivity contribution in [2.45, 2.75) is 32.1 Å². The number of fused-ring (bicyclic) bond motifs is 1. The summed E-state index contributed by atoms with van der Waals surface area (Å²) in [6.45, 7) is 1.87. The molecule has 2 nitrogen and oxygen atoms in total. The van der Waals surface area contributed by atoms with Crippen LogP contribution in [0.15, 0.2) is 11.6 Å². The van der Waals surface area contributed by atoms with E-state index in [-0.39, 0.29) is 0 Å². The average molecular weight is 272 g/mol. The summed E-state index contributed by atoms with van der Waals surface area (Å²) in [6.07, 6.45) is 8.07. The number of hydrogen-bond acceptors (Lipinski definition) is 1. The van der Waals surface area contributed by atoms with Gasteiger partial charge in [0.2, 0.25) is 5.91 Å². The average Bonchev–Trinajstić information content (AvgIpc) is 2.29. The van der Waals surface area contributed by atoms with Crippen molar-refractivity contribution in [2.24, 2.45) is 5.92 Å². The fourth-order valence-electron chi connectivity index (χ4n) is 2.59. The van der Waals surface area contributed by atoms with Crippen molar-refractivity contribution in [1.29, 1.82) is 0 Å². The minimum atomic E-state index is 0.303. The molecule has 0 bridgehead atoms. The molecule has 1 aliphatic heterocycles. The van der Waals surface area contributed by atoms with Crippen molar-refractivity contribution in [1.82, 2.24) is 4.90 Å². The van der Waals surface area contributed by atoms with Crippen molar-refractivity contribution in [3.8, 4) is 0 Å². The number of rotatable bonds is 2. The first-order chi connectivity index (χ1) is 7.31. The van der Waals surface area contributed by atoms with Crippen LogP contribution < -0.4 is 0 Å². The number of likely N-dealkylation sites (tertiary alicyclic amines) is 1. The fraction of sp³-hybridized carbons (Fsp3) is 0.750. The molecular weight excluding hydrogens is 254 g/mol. The number of halogens is 1. The van der Waals surface area contributed by atoms with Gasteiger partial charge in [-0.2, -0.15) is 0 Å². The smallest absolute Gasteiger partial charge is 0.223 e. The van der Waals surface area contributed by atoms with Crippen molar-refractivity contribution in [3.63, 3.8) is 0 Å². The summed E-state index contributed by atoms with van der Waals surface area (Å²) in [5, 5.41) is 0.783. The molecule has 0 radical (unpaired) electrons. The molecule has 1 fully saturated rings. The Hall–Kier alpha value is -0.310. The highest BCUT2D eigenvalue weighted by Gasteiger charge is 2.27. The molecule has 0 aromatic rings. The lowest BCUT2D eigenvalue weighted by Gasteiger charge is -2.36. The SMILES string of the molecule is O=C(CCBr)N1CCC2CCCC=C2C1. The molecule has 2 aliphatic rings. The van der Waals surface area contributed by atoms with Crippen molar-refractivity contribution in [2.75, 3.05) is 18.4 Å². The third-order valence-corrected chi connectivity index (χ3v) is 3.87. The Balaban J connectivity index is 1.96. The number of hydrogen-bond donors (Lipinski definition) is 0. The van der Waals surface area contributed by atoms with Gasteiger partial charge in [-0.3, -0.25) is 4.79 Å². The maximum atomic E-state index is 11.7. The summed E-state index contributed by atoms with van der Waals surface area (Å²) < 4.78 is 0. The van der Waals surface area contributed by atoms with Crippen LogP contribution in [0.4, 0.5) is 0 Å². The number of carbonyl (C=O) groups is 1. The molecule has 1 amide bonds. The van der Waals surface area contributed by atoms with Gasteiger partial charge in [0.15, 0.2) is 0 Å². The minimum absolute atomic E-state index is 0.303. The van der Waals surface area contributed by atoms with Gasteiger partial charge in [-0.1, -0.05) is 27.6 Å².